The Morgan fingerprint density at radius 2 is 2.00 bits per heavy atom. The summed E-state index contributed by atoms with van der Waals surface area (Å²) in [6.07, 6.45) is -0.644. The summed E-state index contributed by atoms with van der Waals surface area (Å²) in [6, 6.07) is 13.7. The van der Waals surface area contributed by atoms with Gasteiger partial charge in [0.15, 0.2) is 11.6 Å². The molecule has 0 unspecified atom stereocenters. The maximum absolute atomic E-state index is 13.8. The molecule has 2 aromatic rings. The van der Waals surface area contributed by atoms with Gasteiger partial charge in [0.2, 0.25) is 0 Å². The first-order valence-corrected chi connectivity index (χ1v) is 7.57. The number of benzene rings is 2. The Morgan fingerprint density at radius 1 is 1.26 bits per heavy atom. The number of nitrogens with one attached hydrogen (secondary N) is 1. The number of carbonyl (C=O) groups excluding carboxylic acids is 1. The van der Waals surface area contributed by atoms with E-state index >= 15 is 0 Å². The van der Waals surface area contributed by atoms with Gasteiger partial charge in [0.1, 0.15) is 5.82 Å². The van der Waals surface area contributed by atoms with Crippen molar-refractivity contribution in [2.45, 2.75) is 11.6 Å². The van der Waals surface area contributed by atoms with Gasteiger partial charge in [-0.05, 0) is 36.0 Å². The highest BCUT2D eigenvalue weighted by Crippen LogP contribution is 2.51. The second kappa shape index (κ2) is 4.76. The van der Waals surface area contributed by atoms with Gasteiger partial charge in [0, 0.05) is 18.3 Å². The van der Waals surface area contributed by atoms with Crippen LogP contribution in [0.2, 0.25) is 0 Å². The molecule has 1 N–H and O–H groups in total. The predicted molar refractivity (Wildman–Crippen MR) is 87.5 cm³/mol. The van der Waals surface area contributed by atoms with E-state index in [2.05, 4.69) is 5.32 Å². The van der Waals surface area contributed by atoms with Crippen molar-refractivity contribution in [3.8, 4) is 0 Å². The van der Waals surface area contributed by atoms with E-state index in [1.807, 2.05) is 30.3 Å². The Labute approximate surface area is 137 Å². The molecule has 116 valence electrons. The monoisotopic (exact) mass is 328 g/mol. The minimum absolute atomic E-state index is 0.137. The number of amides is 1. The fourth-order valence-electron chi connectivity index (χ4n) is 3.38. The first kappa shape index (κ1) is 14.1. The predicted octanol–water partition coefficient (Wildman–Crippen LogP) is 2.64. The van der Waals surface area contributed by atoms with Gasteiger partial charge >= 0.3 is 0 Å². The van der Waals surface area contributed by atoms with Gasteiger partial charge < -0.3 is 15.0 Å². The molecule has 2 atom stereocenters. The van der Waals surface area contributed by atoms with Crippen LogP contribution in [0.5, 0.6) is 0 Å². The van der Waals surface area contributed by atoms with Crippen molar-refractivity contribution in [1.29, 1.82) is 0 Å². The van der Waals surface area contributed by atoms with E-state index in [1.165, 1.54) is 17.0 Å². The molecule has 0 saturated carbocycles. The maximum atomic E-state index is 13.8. The Balaban J connectivity index is 1.97. The number of ether oxygens (including phenoxy) is 1. The van der Waals surface area contributed by atoms with Crippen LogP contribution in [0.25, 0.3) is 0 Å². The molecule has 4 nitrogen and oxygen atoms in total. The maximum Gasteiger partial charge on any atom is 0.261 e. The molecule has 2 aliphatic rings. The second-order valence-corrected chi connectivity index (χ2v) is 6.03. The normalized spacial score (nSPS) is 25.5. The van der Waals surface area contributed by atoms with Gasteiger partial charge in [0.25, 0.3) is 11.1 Å². The van der Waals surface area contributed by atoms with Gasteiger partial charge in [-0.2, -0.15) is 0 Å². The summed E-state index contributed by atoms with van der Waals surface area (Å²) >= 11 is 5.16. The van der Waals surface area contributed by atoms with Crippen molar-refractivity contribution in [2.75, 3.05) is 11.9 Å². The highest BCUT2D eigenvalue weighted by Gasteiger charge is 2.61. The zero-order chi connectivity index (χ0) is 16.2. The summed E-state index contributed by atoms with van der Waals surface area (Å²) in [4.78, 5) is 14.5. The Morgan fingerprint density at radius 3 is 2.74 bits per heavy atom. The third-order valence-corrected chi connectivity index (χ3v) is 4.60. The first-order valence-electron chi connectivity index (χ1n) is 7.16. The number of nitrogens with zero attached hydrogens (tertiary/aromatic N) is 1. The van der Waals surface area contributed by atoms with Crippen LogP contribution in [0.1, 0.15) is 17.2 Å². The van der Waals surface area contributed by atoms with Crippen LogP contribution in [-0.4, -0.2) is 18.1 Å². The molecule has 2 heterocycles. The van der Waals surface area contributed by atoms with E-state index in [0.717, 1.165) is 5.56 Å². The molecule has 1 saturated heterocycles. The van der Waals surface area contributed by atoms with Crippen LogP contribution in [0, 0.1) is 5.82 Å². The molecule has 4 rings (SSSR count). The minimum atomic E-state index is -1.23. The molecule has 23 heavy (non-hydrogen) atoms. The molecular formula is C17H13FN2O2S. The molecule has 0 bridgehead atoms. The fourth-order valence-corrected chi connectivity index (χ4v) is 3.63. The molecule has 1 fully saturated rings. The van der Waals surface area contributed by atoms with Crippen LogP contribution >= 0.6 is 12.2 Å². The molecule has 1 amide bonds. The van der Waals surface area contributed by atoms with E-state index in [0.29, 0.717) is 11.3 Å². The van der Waals surface area contributed by atoms with Crippen molar-refractivity contribution >= 4 is 29.0 Å². The van der Waals surface area contributed by atoms with Crippen molar-refractivity contribution in [2.24, 2.45) is 0 Å². The number of thiocarbonyl (C=S) groups is 1. The Bertz CT molecular complexity index is 827. The highest BCUT2D eigenvalue weighted by atomic mass is 32.1. The van der Waals surface area contributed by atoms with Crippen LogP contribution < -0.4 is 10.2 Å². The lowest BCUT2D eigenvalue weighted by molar-refractivity contribution is -0.125. The summed E-state index contributed by atoms with van der Waals surface area (Å²) in [5, 5.41) is 3.13. The summed E-state index contributed by atoms with van der Waals surface area (Å²) in [5.41, 5.74) is 0.764. The van der Waals surface area contributed by atoms with Crippen molar-refractivity contribution in [3.63, 3.8) is 0 Å². The Kier molecular flexibility index (Phi) is 2.93. The van der Waals surface area contributed by atoms with Gasteiger partial charge in [-0.3, -0.25) is 4.79 Å². The van der Waals surface area contributed by atoms with E-state index in [1.54, 1.807) is 13.1 Å². The van der Waals surface area contributed by atoms with E-state index in [4.69, 9.17) is 17.0 Å². The number of anilines is 1. The SMILES string of the molecule is CN1C(=O)[C@]2(NC(=S)O[C@H]2c2ccccc2)c2cc(F)ccc21. The number of rotatable bonds is 1. The number of carbonyl (C=O) groups is 1. The van der Waals surface area contributed by atoms with E-state index < -0.39 is 17.5 Å². The zero-order valence-corrected chi connectivity index (χ0v) is 13.1. The number of halogens is 1. The number of fused-ring (bicyclic) bond motifs is 2. The number of hydrogen-bond acceptors (Lipinski definition) is 3. The van der Waals surface area contributed by atoms with Gasteiger partial charge in [0.05, 0.1) is 0 Å². The summed E-state index contributed by atoms with van der Waals surface area (Å²) < 4.78 is 19.6. The quantitative estimate of drug-likeness (QED) is 0.817. The summed E-state index contributed by atoms with van der Waals surface area (Å²) in [7, 11) is 1.67. The molecule has 0 aliphatic carbocycles. The van der Waals surface area contributed by atoms with Gasteiger partial charge in [-0.25, -0.2) is 4.39 Å². The average Bonchev–Trinajstić information content (AvgIpc) is 3.01. The van der Waals surface area contributed by atoms with Crippen molar-refractivity contribution in [3.05, 3.63) is 65.5 Å². The molecular weight excluding hydrogens is 315 g/mol. The first-order chi connectivity index (χ1) is 11.0. The summed E-state index contributed by atoms with van der Waals surface area (Å²) in [5.74, 6) is -0.621. The standard InChI is InChI=1S/C17H13FN2O2S/c1-20-13-8-7-11(18)9-12(13)17(15(20)21)14(22-16(23)19-17)10-5-3-2-4-6-10/h2-9,14H,1H3,(H,19,23)/t14-,17-/m0/s1. The summed E-state index contributed by atoms with van der Waals surface area (Å²) in [6.45, 7) is 0. The van der Waals surface area contributed by atoms with Gasteiger partial charge in [-0.15, -0.1) is 0 Å². The molecule has 0 radical (unpaired) electrons. The van der Waals surface area contributed by atoms with E-state index in [-0.39, 0.29) is 11.1 Å². The average molecular weight is 328 g/mol. The molecule has 6 heteroatoms. The number of hydrogen-bond donors (Lipinski definition) is 1. The molecule has 2 aliphatic heterocycles. The Hall–Kier alpha value is -2.47. The van der Waals surface area contributed by atoms with Crippen LogP contribution in [0.3, 0.4) is 0 Å². The zero-order valence-electron chi connectivity index (χ0n) is 12.2. The van der Waals surface area contributed by atoms with Crippen LogP contribution in [-0.2, 0) is 15.1 Å². The van der Waals surface area contributed by atoms with Crippen LogP contribution in [0.15, 0.2) is 48.5 Å². The largest absolute Gasteiger partial charge is 0.459 e. The third kappa shape index (κ3) is 1.81. The highest BCUT2D eigenvalue weighted by molar-refractivity contribution is 7.80. The van der Waals surface area contributed by atoms with Gasteiger partial charge in [-0.1, -0.05) is 30.3 Å². The fraction of sp³-hybridized carbons (Fsp3) is 0.176. The topological polar surface area (TPSA) is 41.6 Å². The third-order valence-electron chi connectivity index (χ3n) is 4.41. The minimum Gasteiger partial charge on any atom is -0.459 e. The molecule has 1 spiro atoms. The lowest BCUT2D eigenvalue weighted by Gasteiger charge is -2.27. The van der Waals surface area contributed by atoms with E-state index in [9.17, 15) is 9.18 Å². The lowest BCUT2D eigenvalue weighted by atomic mass is 9.83. The molecule has 2 aromatic carbocycles. The smallest absolute Gasteiger partial charge is 0.261 e. The number of likely N-dealkylation sites (N-methyl/N-ethyl adjacent to an activating group) is 1. The lowest BCUT2D eigenvalue weighted by Crippen LogP contribution is -2.49. The molecule has 0 aromatic heterocycles. The second-order valence-electron chi connectivity index (χ2n) is 5.65. The van der Waals surface area contributed by atoms with Crippen molar-refractivity contribution < 1.29 is 13.9 Å². The van der Waals surface area contributed by atoms with Crippen molar-refractivity contribution in [1.82, 2.24) is 5.32 Å². The van der Waals surface area contributed by atoms with Crippen LogP contribution in [0.4, 0.5) is 10.1 Å².